The molecule has 1 aromatic heterocycles. The van der Waals surface area contributed by atoms with Gasteiger partial charge < -0.3 is 10.6 Å². The van der Waals surface area contributed by atoms with Crippen molar-refractivity contribution >= 4 is 23.2 Å². The molecular formula is C25H24N4O2. The third-order valence-electron chi connectivity index (χ3n) is 5.89. The second-order valence-corrected chi connectivity index (χ2v) is 8.94. The van der Waals surface area contributed by atoms with E-state index >= 15 is 0 Å². The molecule has 3 aromatic rings. The zero-order chi connectivity index (χ0) is 21.6. The molecule has 2 heterocycles. The van der Waals surface area contributed by atoms with Gasteiger partial charge in [0, 0.05) is 23.4 Å². The summed E-state index contributed by atoms with van der Waals surface area (Å²) in [6.45, 7) is 4.20. The number of hydrogen-bond donors (Lipinski definition) is 2. The average molecular weight is 412 g/mol. The summed E-state index contributed by atoms with van der Waals surface area (Å²) in [7, 11) is 0. The third-order valence-corrected chi connectivity index (χ3v) is 5.89. The Morgan fingerprint density at radius 2 is 1.74 bits per heavy atom. The number of carbonyl (C=O) groups excluding carboxylic acids is 2. The van der Waals surface area contributed by atoms with E-state index in [9.17, 15) is 9.59 Å². The maximum Gasteiger partial charge on any atom is 0.261 e. The Bertz CT molecular complexity index is 1190. The number of Topliss-reactive ketones (excluding diaryl/α,β-unsaturated/α-hetero) is 1. The van der Waals surface area contributed by atoms with E-state index in [2.05, 4.69) is 29.6 Å². The Labute approximate surface area is 181 Å². The van der Waals surface area contributed by atoms with Crippen LogP contribution >= 0.6 is 0 Å². The van der Waals surface area contributed by atoms with E-state index in [-0.39, 0.29) is 23.1 Å². The van der Waals surface area contributed by atoms with Crippen molar-refractivity contribution in [1.82, 2.24) is 9.78 Å². The lowest BCUT2D eigenvalue weighted by Gasteiger charge is -2.39. The fourth-order valence-electron chi connectivity index (χ4n) is 4.54. The van der Waals surface area contributed by atoms with E-state index in [0.29, 0.717) is 17.8 Å². The Balaban J connectivity index is 1.60. The minimum Gasteiger partial charge on any atom is -0.343 e. The summed E-state index contributed by atoms with van der Waals surface area (Å²) in [6.07, 6.45) is 2.81. The van der Waals surface area contributed by atoms with Crippen LogP contribution in [0, 0.1) is 5.41 Å². The van der Waals surface area contributed by atoms with E-state index in [1.54, 1.807) is 10.9 Å². The van der Waals surface area contributed by atoms with E-state index in [4.69, 9.17) is 0 Å². The van der Waals surface area contributed by atoms with Gasteiger partial charge in [0.2, 0.25) is 0 Å². The third kappa shape index (κ3) is 3.44. The summed E-state index contributed by atoms with van der Waals surface area (Å²) in [5.74, 6) is 0.507. The molecule has 2 aromatic carbocycles. The van der Waals surface area contributed by atoms with E-state index in [0.717, 1.165) is 28.9 Å². The van der Waals surface area contributed by atoms with Crippen LogP contribution in [0.4, 0.5) is 11.5 Å². The zero-order valence-electron chi connectivity index (χ0n) is 17.6. The Morgan fingerprint density at radius 1 is 1.06 bits per heavy atom. The molecule has 2 aliphatic rings. The maximum atomic E-state index is 13.2. The van der Waals surface area contributed by atoms with Crippen LogP contribution in [0.5, 0.6) is 0 Å². The number of hydrogen-bond acceptors (Lipinski definition) is 4. The van der Waals surface area contributed by atoms with Crippen LogP contribution in [0.3, 0.4) is 0 Å². The van der Waals surface area contributed by atoms with E-state index < -0.39 is 0 Å². The fourth-order valence-corrected chi connectivity index (χ4v) is 4.54. The van der Waals surface area contributed by atoms with Gasteiger partial charge in [-0.3, -0.25) is 9.59 Å². The minimum absolute atomic E-state index is 0.129. The number of para-hydroxylation sites is 1. The van der Waals surface area contributed by atoms with Crippen molar-refractivity contribution in [3.8, 4) is 0 Å². The number of aromatic nitrogens is 2. The normalized spacial score (nSPS) is 19.3. The number of fused-ring (bicyclic) bond motifs is 1. The number of amides is 1. The maximum absolute atomic E-state index is 13.2. The van der Waals surface area contributed by atoms with Crippen LogP contribution in [-0.2, 0) is 4.79 Å². The van der Waals surface area contributed by atoms with Crippen LogP contribution in [0.1, 0.15) is 48.7 Å². The summed E-state index contributed by atoms with van der Waals surface area (Å²) >= 11 is 0. The van der Waals surface area contributed by atoms with Crippen molar-refractivity contribution < 1.29 is 9.59 Å². The smallest absolute Gasteiger partial charge is 0.261 e. The number of nitrogens with one attached hydrogen (secondary N) is 2. The molecule has 0 radical (unpaired) electrons. The standard InChI is InChI=1S/C25H24N4O2/c1-25(2)13-19-21(20(30)14-25)22(16-9-5-3-6-10-16)29-23(28-19)18(15-26-29)24(31)27-17-11-7-4-8-12-17/h3-12,15,22,28H,13-14H2,1-2H3,(H,27,31). The highest BCUT2D eigenvalue weighted by Gasteiger charge is 2.42. The predicted octanol–water partition coefficient (Wildman–Crippen LogP) is 4.79. The number of allylic oxidation sites excluding steroid dienone is 2. The first kappa shape index (κ1) is 19.3. The number of ketones is 1. The van der Waals surface area contributed by atoms with Gasteiger partial charge in [0.15, 0.2) is 5.78 Å². The molecule has 31 heavy (non-hydrogen) atoms. The quantitative estimate of drug-likeness (QED) is 0.648. The van der Waals surface area contributed by atoms with Gasteiger partial charge in [0.05, 0.1) is 6.20 Å². The molecule has 0 spiro atoms. The largest absolute Gasteiger partial charge is 0.343 e. The Morgan fingerprint density at radius 3 is 2.45 bits per heavy atom. The van der Waals surface area contributed by atoms with Gasteiger partial charge in [-0.15, -0.1) is 0 Å². The lowest BCUT2D eigenvalue weighted by atomic mass is 9.73. The van der Waals surface area contributed by atoms with Crippen molar-refractivity contribution in [3.05, 3.63) is 89.3 Å². The zero-order valence-corrected chi connectivity index (χ0v) is 17.6. The van der Waals surface area contributed by atoms with Crippen molar-refractivity contribution in [2.24, 2.45) is 5.41 Å². The number of rotatable bonds is 3. The van der Waals surface area contributed by atoms with Crippen LogP contribution in [-0.4, -0.2) is 21.5 Å². The summed E-state index contributed by atoms with van der Waals surface area (Å²) in [5.41, 5.74) is 3.64. The highest BCUT2D eigenvalue weighted by atomic mass is 16.1. The molecule has 1 unspecified atom stereocenters. The van der Waals surface area contributed by atoms with Gasteiger partial charge in [-0.25, -0.2) is 4.68 Å². The predicted molar refractivity (Wildman–Crippen MR) is 120 cm³/mol. The molecule has 5 rings (SSSR count). The van der Waals surface area contributed by atoms with Crippen LogP contribution in [0.2, 0.25) is 0 Å². The van der Waals surface area contributed by atoms with Crippen molar-refractivity contribution in [3.63, 3.8) is 0 Å². The van der Waals surface area contributed by atoms with Crippen molar-refractivity contribution in [2.45, 2.75) is 32.7 Å². The summed E-state index contributed by atoms with van der Waals surface area (Å²) in [5, 5.41) is 10.9. The second-order valence-electron chi connectivity index (χ2n) is 8.94. The molecular weight excluding hydrogens is 388 g/mol. The molecule has 1 aliphatic carbocycles. The summed E-state index contributed by atoms with van der Waals surface area (Å²) in [6, 6.07) is 18.9. The van der Waals surface area contributed by atoms with E-state index in [1.807, 2.05) is 60.7 Å². The molecule has 0 saturated heterocycles. The summed E-state index contributed by atoms with van der Waals surface area (Å²) < 4.78 is 1.77. The Hall–Kier alpha value is -3.67. The molecule has 1 atom stereocenters. The highest BCUT2D eigenvalue weighted by molar-refractivity contribution is 6.08. The molecule has 0 saturated carbocycles. The highest BCUT2D eigenvalue weighted by Crippen LogP contribution is 2.46. The second kappa shape index (κ2) is 7.23. The van der Waals surface area contributed by atoms with Crippen molar-refractivity contribution in [1.29, 1.82) is 0 Å². The lowest BCUT2D eigenvalue weighted by molar-refractivity contribution is -0.118. The molecule has 6 nitrogen and oxygen atoms in total. The van der Waals surface area contributed by atoms with Gasteiger partial charge in [0.25, 0.3) is 5.91 Å². The fraction of sp³-hybridized carbons (Fsp3) is 0.240. The molecule has 1 amide bonds. The summed E-state index contributed by atoms with van der Waals surface area (Å²) in [4.78, 5) is 26.3. The first-order chi connectivity index (χ1) is 14.9. The van der Waals surface area contributed by atoms with Crippen molar-refractivity contribution in [2.75, 3.05) is 10.6 Å². The van der Waals surface area contributed by atoms with Crippen LogP contribution in [0.25, 0.3) is 0 Å². The first-order valence-electron chi connectivity index (χ1n) is 10.4. The molecule has 6 heteroatoms. The molecule has 156 valence electrons. The topological polar surface area (TPSA) is 76.0 Å². The number of benzene rings is 2. The number of anilines is 2. The van der Waals surface area contributed by atoms with Crippen LogP contribution < -0.4 is 10.6 Å². The Kier molecular flexibility index (Phi) is 4.50. The van der Waals surface area contributed by atoms with Gasteiger partial charge in [-0.2, -0.15) is 5.10 Å². The van der Waals surface area contributed by atoms with Gasteiger partial charge in [-0.05, 0) is 29.5 Å². The number of carbonyl (C=O) groups is 2. The minimum atomic E-state index is -0.352. The van der Waals surface area contributed by atoms with Gasteiger partial charge in [-0.1, -0.05) is 62.4 Å². The SMILES string of the molecule is CC1(C)CC(=O)C2=C(C1)Nc1c(C(=O)Nc3ccccc3)cnn1C2c1ccccc1. The molecule has 0 fully saturated rings. The monoisotopic (exact) mass is 412 g/mol. The van der Waals surface area contributed by atoms with Crippen LogP contribution in [0.15, 0.2) is 78.1 Å². The number of nitrogens with zero attached hydrogens (tertiary/aromatic N) is 2. The lowest BCUT2D eigenvalue weighted by Crippen LogP contribution is -2.36. The molecule has 0 bridgehead atoms. The molecule has 2 N–H and O–H groups in total. The van der Waals surface area contributed by atoms with Gasteiger partial charge >= 0.3 is 0 Å². The van der Waals surface area contributed by atoms with E-state index in [1.165, 1.54) is 0 Å². The van der Waals surface area contributed by atoms with Gasteiger partial charge in [0.1, 0.15) is 17.4 Å². The molecule has 1 aliphatic heterocycles. The average Bonchev–Trinajstić information content (AvgIpc) is 3.16. The first-order valence-corrected chi connectivity index (χ1v) is 10.4.